The zero-order valence-corrected chi connectivity index (χ0v) is 19.7. The zero-order chi connectivity index (χ0) is 22.8. The Bertz CT molecular complexity index is 1400. The van der Waals surface area contributed by atoms with Gasteiger partial charge in [0, 0.05) is 16.9 Å². The Kier molecular flexibility index (Phi) is 5.84. The van der Waals surface area contributed by atoms with E-state index in [1.165, 1.54) is 16.3 Å². The number of nitrogens with zero attached hydrogens (tertiary/aromatic N) is 2. The van der Waals surface area contributed by atoms with Gasteiger partial charge in [-0.25, -0.2) is 13.4 Å². The van der Waals surface area contributed by atoms with Crippen LogP contribution in [0.1, 0.15) is 32.6 Å². The summed E-state index contributed by atoms with van der Waals surface area (Å²) in [5.74, 6) is -0.166. The standard InChI is InChI=1S/C24H19N3O3S3/c28-24(23-13-7-15-32-23)27-21(22-12-6-14-31-22)16-20(25-27)18-10-4-5-11-19(18)26-33(29,30)17-8-2-1-3-9-17/h1-15,21,26H,16H2. The summed E-state index contributed by atoms with van der Waals surface area (Å²) < 4.78 is 28.6. The molecule has 0 saturated carbocycles. The summed E-state index contributed by atoms with van der Waals surface area (Å²) in [6, 6.07) is 22.7. The number of anilines is 1. The number of nitrogens with one attached hydrogen (secondary N) is 1. The third kappa shape index (κ3) is 4.35. The predicted octanol–water partition coefficient (Wildman–Crippen LogP) is 5.60. The Morgan fingerprint density at radius 2 is 1.64 bits per heavy atom. The molecular formula is C24H19N3O3S3. The molecule has 2 aromatic carbocycles. The molecule has 166 valence electrons. The summed E-state index contributed by atoms with van der Waals surface area (Å²) in [7, 11) is -3.77. The van der Waals surface area contributed by atoms with E-state index < -0.39 is 10.0 Å². The molecule has 1 amide bonds. The van der Waals surface area contributed by atoms with Crippen molar-refractivity contribution in [1.29, 1.82) is 0 Å². The van der Waals surface area contributed by atoms with Crippen molar-refractivity contribution in [3.63, 3.8) is 0 Å². The minimum absolute atomic E-state index is 0.166. The van der Waals surface area contributed by atoms with Crippen molar-refractivity contribution in [1.82, 2.24) is 5.01 Å². The Hall–Kier alpha value is -3.27. The normalized spacial score (nSPS) is 15.9. The van der Waals surface area contributed by atoms with Gasteiger partial charge in [-0.05, 0) is 41.1 Å². The number of benzene rings is 2. The van der Waals surface area contributed by atoms with Crippen molar-refractivity contribution in [3.05, 3.63) is 105 Å². The molecule has 1 aliphatic heterocycles. The van der Waals surface area contributed by atoms with Crippen LogP contribution < -0.4 is 4.72 Å². The SMILES string of the molecule is O=C(c1cccs1)N1N=C(c2ccccc2NS(=O)(=O)c2ccccc2)CC1c1cccs1. The maximum Gasteiger partial charge on any atom is 0.284 e. The number of carbonyl (C=O) groups is 1. The van der Waals surface area contributed by atoms with Gasteiger partial charge in [-0.3, -0.25) is 9.52 Å². The number of para-hydroxylation sites is 1. The number of carbonyl (C=O) groups excluding carboxylic acids is 1. The molecule has 0 bridgehead atoms. The van der Waals surface area contributed by atoms with Crippen LogP contribution in [0.2, 0.25) is 0 Å². The largest absolute Gasteiger partial charge is 0.284 e. The fraction of sp³-hybridized carbons (Fsp3) is 0.0833. The lowest BCUT2D eigenvalue weighted by atomic mass is 10.0. The molecule has 1 aliphatic rings. The second kappa shape index (κ2) is 8.93. The van der Waals surface area contributed by atoms with Crippen LogP contribution in [-0.4, -0.2) is 25.0 Å². The minimum Gasteiger partial charge on any atom is -0.279 e. The lowest BCUT2D eigenvalue weighted by Gasteiger charge is -2.19. The number of amides is 1. The molecule has 3 heterocycles. The Labute approximate surface area is 199 Å². The summed E-state index contributed by atoms with van der Waals surface area (Å²) in [5, 5.41) is 10.1. The highest BCUT2D eigenvalue weighted by atomic mass is 32.2. The molecule has 1 atom stereocenters. The molecule has 0 radical (unpaired) electrons. The second-order valence-electron chi connectivity index (χ2n) is 7.37. The summed E-state index contributed by atoms with van der Waals surface area (Å²) in [6.45, 7) is 0. The van der Waals surface area contributed by atoms with Gasteiger partial charge in [-0.15, -0.1) is 22.7 Å². The number of hydrazone groups is 1. The van der Waals surface area contributed by atoms with Crippen molar-refractivity contribution >= 4 is 50.0 Å². The Balaban J connectivity index is 1.52. The molecular weight excluding hydrogens is 474 g/mol. The maximum atomic E-state index is 13.2. The average Bonchev–Trinajstić information content (AvgIpc) is 3.61. The van der Waals surface area contributed by atoms with E-state index >= 15 is 0 Å². The van der Waals surface area contributed by atoms with Crippen molar-refractivity contribution in [2.24, 2.45) is 5.10 Å². The number of rotatable bonds is 6. The zero-order valence-electron chi connectivity index (χ0n) is 17.3. The number of hydrogen-bond acceptors (Lipinski definition) is 6. The van der Waals surface area contributed by atoms with Crippen molar-refractivity contribution in [3.8, 4) is 0 Å². The first-order valence-electron chi connectivity index (χ1n) is 10.2. The van der Waals surface area contributed by atoms with Gasteiger partial charge in [0.15, 0.2) is 0 Å². The van der Waals surface area contributed by atoms with Crippen LogP contribution in [0, 0.1) is 0 Å². The van der Waals surface area contributed by atoms with Crippen molar-refractivity contribution in [2.45, 2.75) is 17.4 Å². The lowest BCUT2D eigenvalue weighted by molar-refractivity contribution is 0.0719. The van der Waals surface area contributed by atoms with Gasteiger partial charge in [-0.1, -0.05) is 48.5 Å². The van der Waals surface area contributed by atoms with E-state index in [0.717, 1.165) is 4.88 Å². The van der Waals surface area contributed by atoms with Crippen molar-refractivity contribution in [2.75, 3.05) is 4.72 Å². The monoisotopic (exact) mass is 493 g/mol. The fourth-order valence-corrected chi connectivity index (χ4v) is 6.27. The first-order chi connectivity index (χ1) is 16.0. The van der Waals surface area contributed by atoms with E-state index in [2.05, 4.69) is 4.72 Å². The highest BCUT2D eigenvalue weighted by Gasteiger charge is 2.35. The van der Waals surface area contributed by atoms with Crippen LogP contribution >= 0.6 is 22.7 Å². The van der Waals surface area contributed by atoms with E-state index in [9.17, 15) is 13.2 Å². The van der Waals surface area contributed by atoms with Crippen LogP contribution in [0.15, 0.2) is 99.6 Å². The lowest BCUT2D eigenvalue weighted by Crippen LogP contribution is -2.25. The van der Waals surface area contributed by atoms with Gasteiger partial charge in [0.25, 0.3) is 15.9 Å². The van der Waals surface area contributed by atoms with Crippen LogP contribution in [0.3, 0.4) is 0 Å². The molecule has 6 nitrogen and oxygen atoms in total. The van der Waals surface area contributed by atoms with Crippen LogP contribution in [-0.2, 0) is 10.0 Å². The van der Waals surface area contributed by atoms with Gasteiger partial charge in [0.05, 0.1) is 27.2 Å². The van der Waals surface area contributed by atoms with Gasteiger partial charge in [0.2, 0.25) is 0 Å². The van der Waals surface area contributed by atoms with Crippen LogP contribution in [0.25, 0.3) is 0 Å². The average molecular weight is 494 g/mol. The van der Waals surface area contributed by atoms with Crippen molar-refractivity contribution < 1.29 is 13.2 Å². The quantitative estimate of drug-likeness (QED) is 0.380. The third-order valence-corrected chi connectivity index (χ3v) is 8.47. The van der Waals surface area contributed by atoms with Gasteiger partial charge < -0.3 is 0 Å². The Morgan fingerprint density at radius 1 is 0.909 bits per heavy atom. The molecule has 33 heavy (non-hydrogen) atoms. The molecule has 5 rings (SSSR count). The summed E-state index contributed by atoms with van der Waals surface area (Å²) in [4.78, 5) is 15.0. The Morgan fingerprint density at radius 3 is 2.36 bits per heavy atom. The van der Waals surface area contributed by atoms with Gasteiger partial charge in [-0.2, -0.15) is 5.10 Å². The molecule has 4 aromatic rings. The predicted molar refractivity (Wildman–Crippen MR) is 132 cm³/mol. The van der Waals surface area contributed by atoms with E-state index in [4.69, 9.17) is 5.10 Å². The first kappa shape index (κ1) is 21.6. The molecule has 1 unspecified atom stereocenters. The summed E-state index contributed by atoms with van der Waals surface area (Å²) in [6.07, 6.45) is 0.488. The summed E-state index contributed by atoms with van der Waals surface area (Å²) >= 11 is 2.95. The highest BCUT2D eigenvalue weighted by molar-refractivity contribution is 7.92. The van der Waals surface area contributed by atoms with E-state index in [1.54, 1.807) is 59.9 Å². The number of hydrogen-bond donors (Lipinski definition) is 1. The topological polar surface area (TPSA) is 78.8 Å². The molecule has 0 spiro atoms. The molecule has 0 fully saturated rings. The fourth-order valence-electron chi connectivity index (χ4n) is 3.70. The van der Waals surface area contributed by atoms with Crippen LogP contribution in [0.4, 0.5) is 5.69 Å². The van der Waals surface area contributed by atoms with E-state index in [1.807, 2.05) is 41.1 Å². The molecule has 2 aromatic heterocycles. The first-order valence-corrected chi connectivity index (χ1v) is 13.4. The molecule has 0 saturated heterocycles. The number of thiophene rings is 2. The third-order valence-electron chi connectivity index (χ3n) is 5.26. The second-order valence-corrected chi connectivity index (χ2v) is 11.0. The van der Waals surface area contributed by atoms with Gasteiger partial charge >= 0.3 is 0 Å². The molecule has 9 heteroatoms. The minimum atomic E-state index is -3.77. The van der Waals surface area contributed by atoms with E-state index in [0.29, 0.717) is 28.3 Å². The smallest absolute Gasteiger partial charge is 0.279 e. The van der Waals surface area contributed by atoms with Crippen LogP contribution in [0.5, 0.6) is 0 Å². The van der Waals surface area contributed by atoms with E-state index in [-0.39, 0.29) is 16.8 Å². The summed E-state index contributed by atoms with van der Waals surface area (Å²) in [5.41, 5.74) is 1.74. The highest BCUT2D eigenvalue weighted by Crippen LogP contribution is 2.38. The maximum absolute atomic E-state index is 13.2. The molecule has 0 aliphatic carbocycles. The van der Waals surface area contributed by atoms with Gasteiger partial charge in [0.1, 0.15) is 0 Å². The molecule has 1 N–H and O–H groups in total. The number of sulfonamides is 1.